The molecule has 7 heteroatoms. The Morgan fingerprint density at radius 2 is 2.15 bits per heavy atom. The van der Waals surface area contributed by atoms with Gasteiger partial charge in [0, 0.05) is 48.7 Å². The highest BCUT2D eigenvalue weighted by molar-refractivity contribution is 7.84. The van der Waals surface area contributed by atoms with E-state index in [0.717, 1.165) is 48.5 Å². The largest absolute Gasteiger partial charge is 0.313 e. The van der Waals surface area contributed by atoms with E-state index in [1.807, 2.05) is 11.7 Å². The molecule has 2 rings (SSSR count). The van der Waals surface area contributed by atoms with E-state index in [1.54, 1.807) is 6.26 Å². The normalized spacial score (nSPS) is 13.2. The van der Waals surface area contributed by atoms with Crippen LogP contribution in [0.5, 0.6) is 0 Å². The fourth-order valence-corrected chi connectivity index (χ4v) is 3.17. The number of hydrogen-bond acceptors (Lipinski definition) is 3. The maximum Gasteiger partial charge on any atom is 0.158 e. The zero-order valence-corrected chi connectivity index (χ0v) is 13.8. The van der Waals surface area contributed by atoms with Crippen molar-refractivity contribution in [2.24, 2.45) is 7.05 Å². The van der Waals surface area contributed by atoms with Crippen LogP contribution in [0.15, 0.2) is 0 Å². The van der Waals surface area contributed by atoms with Gasteiger partial charge < -0.3 is 4.57 Å². The van der Waals surface area contributed by atoms with Gasteiger partial charge in [0.05, 0.1) is 5.69 Å². The van der Waals surface area contributed by atoms with Crippen LogP contribution in [0.3, 0.4) is 0 Å². The summed E-state index contributed by atoms with van der Waals surface area (Å²) in [6.45, 7) is 2.90. The van der Waals surface area contributed by atoms with Crippen LogP contribution in [0.2, 0.25) is 0 Å². The van der Waals surface area contributed by atoms with Gasteiger partial charge in [0.1, 0.15) is 11.3 Å². The first kappa shape index (κ1) is 15.5. The van der Waals surface area contributed by atoms with Gasteiger partial charge in [-0.15, -0.1) is 11.6 Å². The van der Waals surface area contributed by atoms with Crippen molar-refractivity contribution in [3.63, 3.8) is 0 Å². The summed E-state index contributed by atoms with van der Waals surface area (Å²) >= 11 is 5.88. The van der Waals surface area contributed by atoms with Crippen molar-refractivity contribution < 1.29 is 4.21 Å². The molecule has 0 aromatic carbocycles. The Morgan fingerprint density at radius 1 is 1.40 bits per heavy atom. The van der Waals surface area contributed by atoms with E-state index in [-0.39, 0.29) is 0 Å². The Bertz CT molecular complexity index is 619. The number of alkyl halides is 1. The third-order valence-corrected chi connectivity index (χ3v) is 4.39. The molecular weight excluding hydrogens is 296 g/mol. The standard InChI is InChI=1S/C13H21ClN4OS/c1-4-10-12-13(17(2)16-10)18(8-5-9-20(3)19)11(15-12)6-7-14/h4-9H2,1-3H3. The molecule has 0 saturated carbocycles. The van der Waals surface area contributed by atoms with Gasteiger partial charge in [-0.05, 0) is 12.8 Å². The summed E-state index contributed by atoms with van der Waals surface area (Å²) in [7, 11) is 1.19. The molecule has 5 nitrogen and oxygen atoms in total. The van der Waals surface area contributed by atoms with E-state index in [4.69, 9.17) is 16.6 Å². The quantitative estimate of drug-likeness (QED) is 0.733. The topological polar surface area (TPSA) is 52.7 Å². The van der Waals surface area contributed by atoms with Gasteiger partial charge in [-0.1, -0.05) is 6.92 Å². The average molecular weight is 317 g/mol. The summed E-state index contributed by atoms with van der Waals surface area (Å²) in [5.41, 5.74) is 3.05. The van der Waals surface area contributed by atoms with E-state index in [1.165, 1.54) is 0 Å². The SMILES string of the molecule is CCc1nn(C)c2c1nc(CCCl)n2CCCS(C)=O. The van der Waals surface area contributed by atoms with Crippen molar-refractivity contribution >= 4 is 33.6 Å². The van der Waals surface area contributed by atoms with Crippen LogP contribution in [-0.4, -0.2) is 41.4 Å². The van der Waals surface area contributed by atoms with Crippen LogP contribution >= 0.6 is 11.6 Å². The van der Waals surface area contributed by atoms with Crippen LogP contribution in [0, 0.1) is 0 Å². The number of nitrogens with zero attached hydrogens (tertiary/aromatic N) is 4. The number of hydrogen-bond donors (Lipinski definition) is 0. The van der Waals surface area contributed by atoms with Gasteiger partial charge in [0.15, 0.2) is 5.65 Å². The molecule has 2 heterocycles. The van der Waals surface area contributed by atoms with Crippen LogP contribution in [0.1, 0.15) is 24.9 Å². The van der Waals surface area contributed by atoms with Crippen molar-refractivity contribution in [2.75, 3.05) is 17.9 Å². The van der Waals surface area contributed by atoms with Crippen molar-refractivity contribution in [1.29, 1.82) is 0 Å². The lowest BCUT2D eigenvalue weighted by Gasteiger charge is -2.08. The lowest BCUT2D eigenvalue weighted by atomic mass is 10.3. The number of rotatable bonds is 7. The average Bonchev–Trinajstić information content (AvgIpc) is 2.89. The van der Waals surface area contributed by atoms with Crippen molar-refractivity contribution in [2.45, 2.75) is 32.7 Å². The Morgan fingerprint density at radius 3 is 2.75 bits per heavy atom. The Balaban J connectivity index is 2.39. The first-order chi connectivity index (χ1) is 9.58. The number of halogens is 1. The summed E-state index contributed by atoms with van der Waals surface area (Å²) in [6, 6.07) is 0. The molecule has 0 saturated heterocycles. The Labute approximate surface area is 126 Å². The van der Waals surface area contributed by atoms with Gasteiger partial charge in [0.2, 0.25) is 0 Å². The van der Waals surface area contributed by atoms with Crippen LogP contribution in [0.4, 0.5) is 0 Å². The predicted molar refractivity (Wildman–Crippen MR) is 83.9 cm³/mol. The second kappa shape index (κ2) is 6.72. The molecule has 0 radical (unpaired) electrons. The molecule has 112 valence electrons. The third-order valence-electron chi connectivity index (χ3n) is 3.34. The molecule has 0 N–H and O–H groups in total. The molecule has 0 fully saturated rings. The minimum Gasteiger partial charge on any atom is -0.313 e. The minimum atomic E-state index is -0.755. The van der Waals surface area contributed by atoms with Crippen molar-refractivity contribution in [3.8, 4) is 0 Å². The number of aromatic nitrogens is 4. The van der Waals surface area contributed by atoms with E-state index < -0.39 is 10.8 Å². The van der Waals surface area contributed by atoms with E-state index in [2.05, 4.69) is 16.6 Å². The lowest BCUT2D eigenvalue weighted by molar-refractivity contribution is 0.626. The van der Waals surface area contributed by atoms with Gasteiger partial charge >= 0.3 is 0 Å². The summed E-state index contributed by atoms with van der Waals surface area (Å²) in [5.74, 6) is 2.26. The molecule has 2 aromatic rings. The molecule has 0 aliphatic heterocycles. The zero-order chi connectivity index (χ0) is 14.7. The van der Waals surface area contributed by atoms with Crippen LogP contribution in [-0.2, 0) is 37.2 Å². The van der Waals surface area contributed by atoms with Crippen LogP contribution < -0.4 is 0 Å². The monoisotopic (exact) mass is 316 g/mol. The molecule has 2 aromatic heterocycles. The number of aryl methyl sites for hydroxylation is 4. The number of imidazole rings is 1. The minimum absolute atomic E-state index is 0.553. The second-order valence-corrected chi connectivity index (χ2v) is 6.78. The highest BCUT2D eigenvalue weighted by Gasteiger charge is 2.17. The maximum atomic E-state index is 11.2. The highest BCUT2D eigenvalue weighted by Crippen LogP contribution is 2.21. The van der Waals surface area contributed by atoms with E-state index in [0.29, 0.717) is 11.6 Å². The fraction of sp³-hybridized carbons (Fsp3) is 0.692. The van der Waals surface area contributed by atoms with Crippen molar-refractivity contribution in [1.82, 2.24) is 19.3 Å². The predicted octanol–water partition coefficient (Wildman–Crippen LogP) is 1.88. The molecular formula is C13H21ClN4OS. The van der Waals surface area contributed by atoms with Crippen molar-refractivity contribution in [3.05, 3.63) is 11.5 Å². The smallest absolute Gasteiger partial charge is 0.158 e. The second-order valence-electron chi connectivity index (χ2n) is 4.85. The molecule has 0 aliphatic carbocycles. The van der Waals surface area contributed by atoms with Crippen LogP contribution in [0.25, 0.3) is 11.2 Å². The Hall–Kier alpha value is -0.880. The van der Waals surface area contributed by atoms with Gasteiger partial charge in [0.25, 0.3) is 0 Å². The van der Waals surface area contributed by atoms with E-state index >= 15 is 0 Å². The summed E-state index contributed by atoms with van der Waals surface area (Å²) < 4.78 is 15.3. The highest BCUT2D eigenvalue weighted by atomic mass is 35.5. The van der Waals surface area contributed by atoms with Gasteiger partial charge in [-0.2, -0.15) is 5.10 Å². The molecule has 20 heavy (non-hydrogen) atoms. The first-order valence-electron chi connectivity index (χ1n) is 6.85. The molecule has 0 aliphatic rings. The molecule has 0 bridgehead atoms. The summed E-state index contributed by atoms with van der Waals surface area (Å²) in [4.78, 5) is 4.71. The van der Waals surface area contributed by atoms with Gasteiger partial charge in [-0.25, -0.2) is 4.98 Å². The lowest BCUT2D eigenvalue weighted by Crippen LogP contribution is -2.10. The van der Waals surface area contributed by atoms with Gasteiger partial charge in [-0.3, -0.25) is 8.89 Å². The Kier molecular flexibility index (Phi) is 5.21. The maximum absolute atomic E-state index is 11.2. The molecule has 0 amide bonds. The van der Waals surface area contributed by atoms with E-state index in [9.17, 15) is 4.21 Å². The summed E-state index contributed by atoms with van der Waals surface area (Å²) in [5, 5.41) is 4.51. The molecule has 1 unspecified atom stereocenters. The number of fused-ring (bicyclic) bond motifs is 1. The zero-order valence-electron chi connectivity index (χ0n) is 12.2. The molecule has 0 spiro atoms. The molecule has 1 atom stereocenters. The summed E-state index contributed by atoms with van der Waals surface area (Å²) in [6.07, 6.45) is 4.22. The third kappa shape index (κ3) is 3.06. The first-order valence-corrected chi connectivity index (χ1v) is 9.11. The fourth-order valence-electron chi connectivity index (χ4n) is 2.46.